The van der Waals surface area contributed by atoms with Crippen molar-refractivity contribution in [1.82, 2.24) is 0 Å². The molecule has 5 rings (SSSR count). The fourth-order valence-electron chi connectivity index (χ4n) is 7.60. The molecule has 2 nitrogen and oxygen atoms in total. The SMILES string of the molecule is CC12C=CC(=O)CC1=CCC1C2CCC2(C)C(C(O)C3SCCCS3)CCC12. The molecule has 4 heteroatoms. The van der Waals surface area contributed by atoms with Gasteiger partial charge in [-0.1, -0.05) is 31.6 Å². The number of fused-ring (bicyclic) bond motifs is 5. The molecule has 0 aromatic carbocycles. The normalized spacial score (nSPS) is 47.1. The first-order valence-electron chi connectivity index (χ1n) is 11.3. The van der Waals surface area contributed by atoms with E-state index in [-0.39, 0.29) is 22.7 Å². The van der Waals surface area contributed by atoms with E-state index in [1.807, 2.05) is 29.6 Å². The van der Waals surface area contributed by atoms with Gasteiger partial charge in [-0.3, -0.25) is 4.79 Å². The summed E-state index contributed by atoms with van der Waals surface area (Å²) in [6, 6.07) is 0. The zero-order valence-corrected chi connectivity index (χ0v) is 18.9. The lowest BCUT2D eigenvalue weighted by Gasteiger charge is -2.56. The maximum Gasteiger partial charge on any atom is 0.159 e. The molecule has 1 aliphatic heterocycles. The summed E-state index contributed by atoms with van der Waals surface area (Å²) in [6.07, 6.45) is 14.4. The summed E-state index contributed by atoms with van der Waals surface area (Å²) in [5, 5.41) is 11.3. The van der Waals surface area contributed by atoms with Gasteiger partial charge in [0.2, 0.25) is 0 Å². The van der Waals surface area contributed by atoms with Crippen LogP contribution in [0.4, 0.5) is 0 Å². The van der Waals surface area contributed by atoms with Crippen molar-refractivity contribution < 1.29 is 9.90 Å². The summed E-state index contributed by atoms with van der Waals surface area (Å²) in [5.74, 6) is 5.27. The first kappa shape index (κ1) is 19.8. The number of aliphatic hydroxyl groups is 1. The standard InChI is InChI=1S/C24H34O2S2/c1-23-10-8-16(25)14-15(23)4-5-17-18-6-7-20(24(18,2)11-9-19(17)23)21(26)22-27-12-3-13-28-22/h4,8,10,17-22,26H,3,5-7,9,11-14H2,1-2H3. The number of hydrogen-bond donors (Lipinski definition) is 1. The van der Waals surface area contributed by atoms with E-state index in [0.717, 1.165) is 12.3 Å². The summed E-state index contributed by atoms with van der Waals surface area (Å²) in [4.78, 5) is 12.0. The Morgan fingerprint density at radius 2 is 1.93 bits per heavy atom. The highest BCUT2D eigenvalue weighted by Gasteiger charge is 2.59. The Morgan fingerprint density at radius 3 is 2.71 bits per heavy atom. The Balaban J connectivity index is 1.40. The van der Waals surface area contributed by atoms with Crippen molar-refractivity contribution in [2.45, 2.75) is 69.5 Å². The second-order valence-electron chi connectivity index (χ2n) is 10.3. The molecule has 28 heavy (non-hydrogen) atoms. The Labute approximate surface area is 178 Å². The topological polar surface area (TPSA) is 37.3 Å². The first-order valence-corrected chi connectivity index (χ1v) is 13.4. The molecule has 2 saturated carbocycles. The maximum absolute atomic E-state index is 12.0. The van der Waals surface area contributed by atoms with Crippen molar-refractivity contribution in [3.63, 3.8) is 0 Å². The van der Waals surface area contributed by atoms with Crippen molar-refractivity contribution in [2.75, 3.05) is 11.5 Å². The molecule has 0 bridgehead atoms. The number of carbonyl (C=O) groups excluding carboxylic acids is 1. The highest BCUT2D eigenvalue weighted by molar-refractivity contribution is 8.17. The van der Waals surface area contributed by atoms with Crippen molar-refractivity contribution in [3.05, 3.63) is 23.8 Å². The van der Waals surface area contributed by atoms with Gasteiger partial charge in [-0.25, -0.2) is 0 Å². The molecule has 0 aromatic heterocycles. The second-order valence-corrected chi connectivity index (χ2v) is 13.1. The van der Waals surface area contributed by atoms with Crippen LogP contribution in [-0.2, 0) is 4.79 Å². The zero-order valence-electron chi connectivity index (χ0n) is 17.2. The summed E-state index contributed by atoms with van der Waals surface area (Å²) >= 11 is 3.99. The van der Waals surface area contributed by atoms with Crippen LogP contribution >= 0.6 is 23.5 Å². The van der Waals surface area contributed by atoms with E-state index in [2.05, 4.69) is 26.0 Å². The third-order valence-electron chi connectivity index (χ3n) is 9.13. The van der Waals surface area contributed by atoms with Gasteiger partial charge in [0.1, 0.15) is 0 Å². The lowest BCUT2D eigenvalue weighted by atomic mass is 9.48. The van der Waals surface area contributed by atoms with E-state index in [1.165, 1.54) is 49.2 Å². The molecule has 0 radical (unpaired) electrons. The monoisotopic (exact) mass is 418 g/mol. The minimum Gasteiger partial charge on any atom is -0.391 e. The molecule has 1 N–H and O–H groups in total. The van der Waals surface area contributed by atoms with E-state index in [4.69, 9.17) is 0 Å². The minimum absolute atomic E-state index is 0.0872. The van der Waals surface area contributed by atoms with Gasteiger partial charge in [0, 0.05) is 11.8 Å². The number of aliphatic hydroxyl groups excluding tert-OH is 1. The van der Waals surface area contributed by atoms with Gasteiger partial charge >= 0.3 is 0 Å². The molecule has 4 aliphatic carbocycles. The predicted octanol–water partition coefficient (Wildman–Crippen LogP) is 5.47. The summed E-state index contributed by atoms with van der Waals surface area (Å²) in [5.41, 5.74) is 1.76. The molecule has 5 aliphatic rings. The van der Waals surface area contributed by atoms with Gasteiger partial charge in [-0.2, -0.15) is 0 Å². The fourth-order valence-corrected chi connectivity index (χ4v) is 10.6. The Kier molecular flexibility index (Phi) is 5.08. The first-order chi connectivity index (χ1) is 13.4. The molecule has 154 valence electrons. The lowest BCUT2D eigenvalue weighted by molar-refractivity contribution is -0.115. The molecule has 0 spiro atoms. The Hall–Kier alpha value is -0.190. The van der Waals surface area contributed by atoms with Crippen LogP contribution in [0.5, 0.6) is 0 Å². The maximum atomic E-state index is 12.0. The summed E-state index contributed by atoms with van der Waals surface area (Å²) < 4.78 is 0.384. The van der Waals surface area contributed by atoms with Gasteiger partial charge in [-0.15, -0.1) is 23.5 Å². The number of carbonyl (C=O) groups is 1. The number of ketones is 1. The van der Waals surface area contributed by atoms with Crippen LogP contribution in [0, 0.1) is 34.5 Å². The molecule has 7 atom stereocenters. The van der Waals surface area contributed by atoms with Crippen LogP contribution in [0.3, 0.4) is 0 Å². The van der Waals surface area contributed by atoms with E-state index < -0.39 is 0 Å². The number of hydrogen-bond acceptors (Lipinski definition) is 4. The van der Waals surface area contributed by atoms with E-state index in [1.54, 1.807) is 0 Å². The summed E-state index contributed by atoms with van der Waals surface area (Å²) in [6.45, 7) is 4.90. The van der Waals surface area contributed by atoms with Gasteiger partial charge in [0.25, 0.3) is 0 Å². The van der Waals surface area contributed by atoms with Crippen molar-refractivity contribution in [3.8, 4) is 0 Å². The van der Waals surface area contributed by atoms with Gasteiger partial charge in [0.05, 0.1) is 10.7 Å². The minimum atomic E-state index is -0.153. The highest BCUT2D eigenvalue weighted by atomic mass is 32.2. The largest absolute Gasteiger partial charge is 0.391 e. The van der Waals surface area contributed by atoms with E-state index >= 15 is 0 Å². The average Bonchev–Trinajstić information content (AvgIpc) is 3.06. The Morgan fingerprint density at radius 1 is 1.14 bits per heavy atom. The van der Waals surface area contributed by atoms with Crippen molar-refractivity contribution in [2.24, 2.45) is 34.5 Å². The average molecular weight is 419 g/mol. The number of allylic oxidation sites excluding steroid dienone is 4. The molecule has 0 amide bonds. The third-order valence-corrected chi connectivity index (χ3v) is 12.2. The second kappa shape index (κ2) is 7.20. The van der Waals surface area contributed by atoms with Crippen molar-refractivity contribution in [1.29, 1.82) is 0 Å². The third kappa shape index (κ3) is 2.92. The highest BCUT2D eigenvalue weighted by Crippen LogP contribution is 2.66. The van der Waals surface area contributed by atoms with Gasteiger partial charge < -0.3 is 5.11 Å². The van der Waals surface area contributed by atoms with E-state index in [0.29, 0.717) is 28.8 Å². The van der Waals surface area contributed by atoms with Crippen LogP contribution in [0.1, 0.15) is 58.8 Å². The zero-order chi connectivity index (χ0) is 19.5. The Bertz CT molecular complexity index is 709. The molecule has 3 fully saturated rings. The number of rotatable bonds is 2. The quantitative estimate of drug-likeness (QED) is 0.604. The molecule has 1 heterocycles. The molecular formula is C24H34O2S2. The predicted molar refractivity (Wildman–Crippen MR) is 119 cm³/mol. The van der Waals surface area contributed by atoms with Gasteiger partial charge in [0.15, 0.2) is 5.78 Å². The molecule has 1 saturated heterocycles. The van der Waals surface area contributed by atoms with Crippen LogP contribution < -0.4 is 0 Å². The van der Waals surface area contributed by atoms with Gasteiger partial charge in [-0.05, 0) is 85.2 Å². The number of thioether (sulfide) groups is 2. The smallest absolute Gasteiger partial charge is 0.159 e. The lowest BCUT2D eigenvalue weighted by Crippen LogP contribution is -2.51. The molecule has 7 unspecified atom stereocenters. The van der Waals surface area contributed by atoms with Crippen LogP contribution in [-0.4, -0.2) is 33.1 Å². The van der Waals surface area contributed by atoms with Crippen LogP contribution in [0.25, 0.3) is 0 Å². The fraction of sp³-hybridized carbons (Fsp3) is 0.792. The van der Waals surface area contributed by atoms with Crippen molar-refractivity contribution >= 4 is 29.3 Å². The van der Waals surface area contributed by atoms with Crippen LogP contribution in [0.15, 0.2) is 23.8 Å². The summed E-state index contributed by atoms with van der Waals surface area (Å²) in [7, 11) is 0. The van der Waals surface area contributed by atoms with Crippen LogP contribution in [0.2, 0.25) is 0 Å². The molecule has 0 aromatic rings. The molecular weight excluding hydrogens is 384 g/mol. The van der Waals surface area contributed by atoms with E-state index in [9.17, 15) is 9.90 Å².